The van der Waals surface area contributed by atoms with Gasteiger partial charge in [0.15, 0.2) is 0 Å². The third-order valence-electron chi connectivity index (χ3n) is 2.56. The second-order valence-electron chi connectivity index (χ2n) is 3.68. The Morgan fingerprint density at radius 1 is 1.31 bits per heavy atom. The molecule has 78 valence electrons. The van der Waals surface area contributed by atoms with E-state index >= 15 is 0 Å². The molecule has 0 aliphatic rings. The molecule has 0 rings (SSSR count). The van der Waals surface area contributed by atoms with E-state index in [0.29, 0.717) is 0 Å². The highest BCUT2D eigenvalue weighted by Crippen LogP contribution is 2.09. The van der Waals surface area contributed by atoms with E-state index in [1.807, 2.05) is 27.7 Å². The summed E-state index contributed by atoms with van der Waals surface area (Å²) in [7, 11) is 0. The number of nitrogens with one attached hydrogen (secondary N) is 1. The van der Waals surface area contributed by atoms with Crippen LogP contribution in [0.2, 0.25) is 0 Å². The molecule has 2 N–H and O–H groups in total. The summed E-state index contributed by atoms with van der Waals surface area (Å²) < 4.78 is 0. The average Bonchev–Trinajstić information content (AvgIpc) is 2.11. The fraction of sp³-hybridized carbons (Fsp3) is 0.900. The predicted octanol–water partition coefficient (Wildman–Crippen LogP) is 1.87. The first kappa shape index (κ1) is 12.4. The van der Waals surface area contributed by atoms with Gasteiger partial charge in [-0.05, 0) is 19.3 Å². The first-order valence-corrected chi connectivity index (χ1v) is 5.01. The zero-order valence-corrected chi connectivity index (χ0v) is 9.00. The lowest BCUT2D eigenvalue weighted by atomic mass is 9.98. The minimum Gasteiger partial charge on any atom is -0.480 e. The van der Waals surface area contributed by atoms with Crippen molar-refractivity contribution in [2.24, 2.45) is 5.92 Å². The van der Waals surface area contributed by atoms with Gasteiger partial charge >= 0.3 is 5.97 Å². The number of hydrogen-bond donors (Lipinski definition) is 2. The normalized spacial score (nSPS) is 17.8. The zero-order chi connectivity index (χ0) is 10.4. The summed E-state index contributed by atoms with van der Waals surface area (Å²) in [6.45, 7) is 8.04. The molecule has 0 saturated heterocycles. The van der Waals surface area contributed by atoms with Crippen LogP contribution in [0, 0.1) is 5.92 Å². The maximum absolute atomic E-state index is 10.9. The van der Waals surface area contributed by atoms with Crippen molar-refractivity contribution >= 4 is 5.97 Å². The number of hydrogen-bond acceptors (Lipinski definition) is 2. The van der Waals surface area contributed by atoms with Crippen LogP contribution in [0.25, 0.3) is 0 Å². The van der Waals surface area contributed by atoms with Gasteiger partial charge in [-0.2, -0.15) is 0 Å². The van der Waals surface area contributed by atoms with Crippen molar-refractivity contribution in [2.45, 2.75) is 52.6 Å². The molecule has 0 fully saturated rings. The molecule has 0 spiro atoms. The molecule has 3 heteroatoms. The molecule has 0 radical (unpaired) electrons. The average molecular weight is 187 g/mol. The Morgan fingerprint density at radius 2 is 1.85 bits per heavy atom. The van der Waals surface area contributed by atoms with Crippen molar-refractivity contribution in [2.75, 3.05) is 0 Å². The van der Waals surface area contributed by atoms with Crippen LogP contribution in [0.15, 0.2) is 0 Å². The molecule has 1 unspecified atom stereocenters. The maximum Gasteiger partial charge on any atom is 0.320 e. The molecule has 0 amide bonds. The topological polar surface area (TPSA) is 49.3 Å². The molecular weight excluding hydrogens is 166 g/mol. The molecule has 0 bridgehead atoms. The molecule has 0 aromatic heterocycles. The van der Waals surface area contributed by atoms with Gasteiger partial charge in [0.2, 0.25) is 0 Å². The number of rotatable bonds is 6. The molecule has 0 heterocycles. The Labute approximate surface area is 80.5 Å². The molecule has 3 nitrogen and oxygen atoms in total. The Kier molecular flexibility index (Phi) is 5.71. The number of carboxylic acid groups (broad SMARTS) is 1. The lowest BCUT2D eigenvalue weighted by Gasteiger charge is -2.23. The van der Waals surface area contributed by atoms with Crippen LogP contribution in [0.5, 0.6) is 0 Å². The molecule has 0 saturated carbocycles. The van der Waals surface area contributed by atoms with E-state index in [4.69, 9.17) is 5.11 Å². The van der Waals surface area contributed by atoms with E-state index in [0.717, 1.165) is 12.8 Å². The van der Waals surface area contributed by atoms with Crippen LogP contribution < -0.4 is 5.32 Å². The number of aliphatic carboxylic acids is 1. The Hall–Kier alpha value is -0.570. The first-order valence-electron chi connectivity index (χ1n) is 5.01. The summed E-state index contributed by atoms with van der Waals surface area (Å²) in [5.74, 6) is -0.554. The lowest BCUT2D eigenvalue weighted by Crippen LogP contribution is -2.45. The fourth-order valence-corrected chi connectivity index (χ4v) is 1.14. The largest absolute Gasteiger partial charge is 0.480 e. The van der Waals surface area contributed by atoms with Crippen LogP contribution in [0.4, 0.5) is 0 Å². The SMILES string of the molecule is CCC(C)N[C@H](C(=O)O)[C@@H](C)CC. The zero-order valence-electron chi connectivity index (χ0n) is 9.00. The van der Waals surface area contributed by atoms with Crippen LogP contribution in [-0.4, -0.2) is 23.2 Å². The minimum absolute atomic E-state index is 0.187. The quantitative estimate of drug-likeness (QED) is 0.667. The van der Waals surface area contributed by atoms with Gasteiger partial charge in [-0.3, -0.25) is 4.79 Å². The molecule has 0 aromatic carbocycles. The second kappa shape index (κ2) is 5.97. The molecule has 0 aliphatic carbocycles. The van der Waals surface area contributed by atoms with Crippen molar-refractivity contribution in [1.82, 2.24) is 5.32 Å². The second-order valence-corrected chi connectivity index (χ2v) is 3.68. The smallest absolute Gasteiger partial charge is 0.320 e. The van der Waals surface area contributed by atoms with Gasteiger partial charge in [0.05, 0.1) is 0 Å². The third-order valence-corrected chi connectivity index (χ3v) is 2.56. The summed E-state index contributed by atoms with van der Waals surface area (Å²) in [4.78, 5) is 10.9. The van der Waals surface area contributed by atoms with E-state index in [1.54, 1.807) is 0 Å². The highest BCUT2D eigenvalue weighted by molar-refractivity contribution is 5.73. The first-order chi connectivity index (χ1) is 6.02. The minimum atomic E-state index is -0.741. The van der Waals surface area contributed by atoms with Crippen LogP contribution in [-0.2, 0) is 4.79 Å². The van der Waals surface area contributed by atoms with E-state index in [2.05, 4.69) is 5.32 Å². The van der Waals surface area contributed by atoms with Gasteiger partial charge in [-0.25, -0.2) is 0 Å². The molecule has 0 aromatic rings. The summed E-state index contributed by atoms with van der Waals surface area (Å²) in [6, 6.07) is -0.130. The third kappa shape index (κ3) is 4.27. The number of carbonyl (C=O) groups is 1. The predicted molar refractivity (Wildman–Crippen MR) is 53.8 cm³/mol. The van der Waals surface area contributed by atoms with Crippen molar-refractivity contribution in [1.29, 1.82) is 0 Å². The monoisotopic (exact) mass is 187 g/mol. The van der Waals surface area contributed by atoms with Gasteiger partial charge in [0.1, 0.15) is 6.04 Å². The van der Waals surface area contributed by atoms with Crippen molar-refractivity contribution in [3.8, 4) is 0 Å². The van der Waals surface area contributed by atoms with Gasteiger partial charge < -0.3 is 10.4 Å². The Balaban J connectivity index is 4.17. The van der Waals surface area contributed by atoms with Gasteiger partial charge in [0.25, 0.3) is 0 Å². The molecular formula is C10H21NO2. The van der Waals surface area contributed by atoms with Crippen molar-refractivity contribution in [3.05, 3.63) is 0 Å². The van der Waals surface area contributed by atoms with E-state index in [1.165, 1.54) is 0 Å². The van der Waals surface area contributed by atoms with Crippen LogP contribution in [0.3, 0.4) is 0 Å². The van der Waals surface area contributed by atoms with E-state index in [9.17, 15) is 4.79 Å². The fourth-order valence-electron chi connectivity index (χ4n) is 1.14. The number of carboxylic acids is 1. The standard InChI is InChI=1S/C10H21NO2/c1-5-7(3)9(10(12)13)11-8(4)6-2/h7-9,11H,5-6H2,1-4H3,(H,12,13)/t7-,8?,9-/m0/s1. The van der Waals surface area contributed by atoms with Crippen molar-refractivity contribution < 1.29 is 9.90 Å². The summed E-state index contributed by atoms with van der Waals surface area (Å²) in [6.07, 6.45) is 1.85. The van der Waals surface area contributed by atoms with E-state index in [-0.39, 0.29) is 12.0 Å². The van der Waals surface area contributed by atoms with Gasteiger partial charge in [0, 0.05) is 6.04 Å². The molecule has 0 aliphatic heterocycles. The van der Waals surface area contributed by atoms with Gasteiger partial charge in [-0.1, -0.05) is 27.2 Å². The highest BCUT2D eigenvalue weighted by atomic mass is 16.4. The van der Waals surface area contributed by atoms with Crippen molar-refractivity contribution in [3.63, 3.8) is 0 Å². The van der Waals surface area contributed by atoms with Crippen LogP contribution >= 0.6 is 0 Å². The van der Waals surface area contributed by atoms with E-state index < -0.39 is 12.0 Å². The lowest BCUT2D eigenvalue weighted by molar-refractivity contribution is -0.141. The summed E-state index contributed by atoms with van der Waals surface area (Å²) >= 11 is 0. The molecule has 13 heavy (non-hydrogen) atoms. The summed E-state index contributed by atoms with van der Waals surface area (Å²) in [5.41, 5.74) is 0. The van der Waals surface area contributed by atoms with Crippen LogP contribution in [0.1, 0.15) is 40.5 Å². The Bertz CT molecular complexity index is 159. The van der Waals surface area contributed by atoms with Gasteiger partial charge in [-0.15, -0.1) is 0 Å². The highest BCUT2D eigenvalue weighted by Gasteiger charge is 2.23. The summed E-state index contributed by atoms with van der Waals surface area (Å²) in [5, 5.41) is 12.1. The Morgan fingerprint density at radius 3 is 2.15 bits per heavy atom. The maximum atomic E-state index is 10.9. The molecule has 3 atom stereocenters.